The van der Waals surface area contributed by atoms with Gasteiger partial charge in [0.1, 0.15) is 0 Å². The van der Waals surface area contributed by atoms with Gasteiger partial charge in [-0.1, -0.05) is 43.2 Å². The van der Waals surface area contributed by atoms with Crippen LogP contribution < -0.4 is 5.73 Å². The van der Waals surface area contributed by atoms with Gasteiger partial charge in [0.25, 0.3) is 0 Å². The lowest BCUT2D eigenvalue weighted by Gasteiger charge is -2.29. The molecule has 0 heterocycles. The number of aliphatic hydroxyl groups is 1. The van der Waals surface area contributed by atoms with Crippen molar-refractivity contribution < 1.29 is 5.11 Å². The molecule has 1 aromatic rings. The number of hydrogen-bond acceptors (Lipinski definition) is 2. The average Bonchev–Trinajstić information content (AvgIpc) is 2.68. The molecular weight excluding hydrogens is 186 g/mol. The third-order valence-electron chi connectivity index (χ3n) is 3.46. The first-order valence-electron chi connectivity index (χ1n) is 5.73. The number of benzene rings is 1. The average molecular weight is 205 g/mol. The van der Waals surface area contributed by atoms with Crippen molar-refractivity contribution in [3.8, 4) is 0 Å². The molecule has 0 amide bonds. The van der Waals surface area contributed by atoms with Crippen LogP contribution in [0.4, 0.5) is 0 Å². The topological polar surface area (TPSA) is 46.2 Å². The zero-order chi connectivity index (χ0) is 10.7. The van der Waals surface area contributed by atoms with E-state index in [1.807, 2.05) is 18.2 Å². The molecule has 2 nitrogen and oxygen atoms in total. The van der Waals surface area contributed by atoms with Gasteiger partial charge in [0, 0.05) is 6.04 Å². The number of nitrogens with two attached hydrogens (primary N) is 1. The Kier molecular flexibility index (Phi) is 3.08. The van der Waals surface area contributed by atoms with Crippen LogP contribution >= 0.6 is 0 Å². The van der Waals surface area contributed by atoms with Crippen LogP contribution in [0.3, 0.4) is 0 Å². The lowest BCUT2D eigenvalue weighted by molar-refractivity contribution is 0.0211. The Morgan fingerprint density at radius 3 is 2.40 bits per heavy atom. The van der Waals surface area contributed by atoms with Gasteiger partial charge in [0.05, 0.1) is 5.60 Å². The summed E-state index contributed by atoms with van der Waals surface area (Å²) in [6, 6.07) is 10.0. The van der Waals surface area contributed by atoms with E-state index in [2.05, 4.69) is 12.1 Å². The van der Waals surface area contributed by atoms with Crippen LogP contribution in [0.15, 0.2) is 30.3 Å². The Morgan fingerprint density at radius 1 is 1.20 bits per heavy atom. The Bertz CT molecular complexity index is 304. The van der Waals surface area contributed by atoms with E-state index in [0.717, 1.165) is 32.1 Å². The van der Waals surface area contributed by atoms with Crippen molar-refractivity contribution in [2.24, 2.45) is 5.73 Å². The fourth-order valence-corrected chi connectivity index (χ4v) is 2.42. The van der Waals surface area contributed by atoms with Crippen molar-refractivity contribution in [2.75, 3.05) is 0 Å². The van der Waals surface area contributed by atoms with Crippen LogP contribution in [-0.4, -0.2) is 16.7 Å². The smallest absolute Gasteiger partial charge is 0.0801 e. The van der Waals surface area contributed by atoms with E-state index in [9.17, 15) is 5.11 Å². The summed E-state index contributed by atoms with van der Waals surface area (Å²) in [7, 11) is 0. The van der Waals surface area contributed by atoms with Crippen molar-refractivity contribution in [3.63, 3.8) is 0 Å². The van der Waals surface area contributed by atoms with Gasteiger partial charge in [-0.3, -0.25) is 0 Å². The summed E-state index contributed by atoms with van der Waals surface area (Å²) in [6.07, 6.45) is 4.72. The predicted octanol–water partition coefficient (Wildman–Crippen LogP) is 1.86. The summed E-state index contributed by atoms with van der Waals surface area (Å²) in [5, 5.41) is 10.3. The molecule has 1 aliphatic rings. The molecule has 1 saturated carbocycles. The summed E-state index contributed by atoms with van der Waals surface area (Å²) < 4.78 is 0. The van der Waals surface area contributed by atoms with E-state index in [0.29, 0.717) is 0 Å². The van der Waals surface area contributed by atoms with E-state index >= 15 is 0 Å². The Hall–Kier alpha value is -0.860. The second-order valence-corrected chi connectivity index (χ2v) is 4.61. The van der Waals surface area contributed by atoms with E-state index < -0.39 is 5.60 Å². The molecule has 0 aliphatic heterocycles. The molecule has 0 bridgehead atoms. The quantitative estimate of drug-likeness (QED) is 0.791. The van der Waals surface area contributed by atoms with Crippen LogP contribution in [-0.2, 0) is 6.42 Å². The van der Waals surface area contributed by atoms with Crippen molar-refractivity contribution in [3.05, 3.63) is 35.9 Å². The molecule has 2 rings (SSSR count). The van der Waals surface area contributed by atoms with Gasteiger partial charge in [-0.05, 0) is 24.8 Å². The Morgan fingerprint density at radius 2 is 1.80 bits per heavy atom. The second kappa shape index (κ2) is 4.33. The van der Waals surface area contributed by atoms with E-state index in [-0.39, 0.29) is 6.04 Å². The summed E-state index contributed by atoms with van der Waals surface area (Å²) >= 11 is 0. The standard InChI is InChI=1S/C13H19NO/c14-12(13(15)8-4-5-9-13)10-11-6-2-1-3-7-11/h1-3,6-7,12,15H,4-5,8-10,14H2/t12-/m1/s1. The summed E-state index contributed by atoms with van der Waals surface area (Å²) in [4.78, 5) is 0. The van der Waals surface area contributed by atoms with Gasteiger partial charge in [-0.2, -0.15) is 0 Å². The van der Waals surface area contributed by atoms with Gasteiger partial charge >= 0.3 is 0 Å². The highest BCUT2D eigenvalue weighted by atomic mass is 16.3. The molecule has 1 fully saturated rings. The predicted molar refractivity (Wildman–Crippen MR) is 61.5 cm³/mol. The normalized spacial score (nSPS) is 21.5. The first-order valence-corrected chi connectivity index (χ1v) is 5.73. The summed E-state index contributed by atoms with van der Waals surface area (Å²) in [5.74, 6) is 0. The zero-order valence-corrected chi connectivity index (χ0v) is 9.02. The third-order valence-corrected chi connectivity index (χ3v) is 3.46. The van der Waals surface area contributed by atoms with E-state index in [4.69, 9.17) is 5.73 Å². The second-order valence-electron chi connectivity index (χ2n) is 4.61. The molecular formula is C13H19NO. The van der Waals surface area contributed by atoms with Crippen molar-refractivity contribution >= 4 is 0 Å². The lowest BCUT2D eigenvalue weighted by atomic mass is 9.88. The van der Waals surface area contributed by atoms with Crippen molar-refractivity contribution in [2.45, 2.75) is 43.7 Å². The number of rotatable bonds is 3. The number of hydrogen-bond donors (Lipinski definition) is 2. The lowest BCUT2D eigenvalue weighted by Crippen LogP contribution is -2.47. The maximum atomic E-state index is 10.3. The molecule has 1 aromatic carbocycles. The van der Waals surface area contributed by atoms with Gasteiger partial charge in [-0.25, -0.2) is 0 Å². The van der Waals surface area contributed by atoms with Gasteiger partial charge in [-0.15, -0.1) is 0 Å². The molecule has 1 aliphatic carbocycles. The minimum absolute atomic E-state index is 0.123. The van der Waals surface area contributed by atoms with Gasteiger partial charge < -0.3 is 10.8 Å². The fourth-order valence-electron chi connectivity index (χ4n) is 2.42. The first-order chi connectivity index (χ1) is 7.21. The van der Waals surface area contributed by atoms with Gasteiger partial charge in [0.2, 0.25) is 0 Å². The van der Waals surface area contributed by atoms with Crippen LogP contribution in [0, 0.1) is 0 Å². The molecule has 1 atom stereocenters. The molecule has 0 unspecified atom stereocenters. The molecule has 82 valence electrons. The van der Waals surface area contributed by atoms with E-state index in [1.54, 1.807) is 0 Å². The van der Waals surface area contributed by atoms with Crippen LogP contribution in [0.2, 0.25) is 0 Å². The molecule has 2 heteroatoms. The molecule has 15 heavy (non-hydrogen) atoms. The van der Waals surface area contributed by atoms with E-state index in [1.165, 1.54) is 5.56 Å². The molecule has 0 spiro atoms. The minimum Gasteiger partial charge on any atom is -0.388 e. The first kappa shape index (κ1) is 10.7. The maximum Gasteiger partial charge on any atom is 0.0801 e. The SMILES string of the molecule is N[C@H](Cc1ccccc1)C1(O)CCCC1. The third kappa shape index (κ3) is 2.39. The summed E-state index contributed by atoms with van der Waals surface area (Å²) in [6.45, 7) is 0. The van der Waals surface area contributed by atoms with Crippen LogP contribution in [0.5, 0.6) is 0 Å². The molecule has 0 saturated heterocycles. The van der Waals surface area contributed by atoms with Crippen molar-refractivity contribution in [1.82, 2.24) is 0 Å². The van der Waals surface area contributed by atoms with Crippen LogP contribution in [0.1, 0.15) is 31.2 Å². The largest absolute Gasteiger partial charge is 0.388 e. The molecule has 0 aromatic heterocycles. The molecule has 0 radical (unpaired) electrons. The fraction of sp³-hybridized carbons (Fsp3) is 0.538. The van der Waals surface area contributed by atoms with Gasteiger partial charge in [0.15, 0.2) is 0 Å². The highest BCUT2D eigenvalue weighted by Gasteiger charge is 2.36. The monoisotopic (exact) mass is 205 g/mol. The maximum absolute atomic E-state index is 10.3. The highest BCUT2D eigenvalue weighted by molar-refractivity contribution is 5.17. The van der Waals surface area contributed by atoms with Crippen LogP contribution in [0.25, 0.3) is 0 Å². The van der Waals surface area contributed by atoms with Crippen molar-refractivity contribution in [1.29, 1.82) is 0 Å². The molecule has 3 N–H and O–H groups in total. The zero-order valence-electron chi connectivity index (χ0n) is 9.02. The Labute approximate surface area is 91.1 Å². The highest BCUT2D eigenvalue weighted by Crippen LogP contribution is 2.32. The summed E-state index contributed by atoms with van der Waals surface area (Å²) in [5.41, 5.74) is 6.69. The minimum atomic E-state index is -0.615. The Balaban J connectivity index is 2.00.